The van der Waals surface area contributed by atoms with Crippen LogP contribution in [-0.4, -0.2) is 52.2 Å². The van der Waals surface area contributed by atoms with E-state index in [0.717, 1.165) is 11.1 Å². The van der Waals surface area contributed by atoms with Gasteiger partial charge in [0.05, 0.1) is 26.4 Å². The number of benzene rings is 3. The van der Waals surface area contributed by atoms with Crippen LogP contribution in [0, 0.1) is 24.5 Å². The zero-order chi connectivity index (χ0) is 34.7. The van der Waals surface area contributed by atoms with Gasteiger partial charge in [-0.3, -0.25) is 0 Å². The molecule has 0 saturated carbocycles. The zero-order valence-corrected chi connectivity index (χ0v) is 27.8. The van der Waals surface area contributed by atoms with Crippen molar-refractivity contribution in [3.8, 4) is 22.6 Å². The summed E-state index contributed by atoms with van der Waals surface area (Å²) in [5, 5.41) is 11.8. The van der Waals surface area contributed by atoms with Crippen LogP contribution in [0.15, 0.2) is 65.9 Å². The van der Waals surface area contributed by atoms with Gasteiger partial charge in [-0.25, -0.2) is 18.4 Å². The molecule has 1 aromatic heterocycles. The van der Waals surface area contributed by atoms with Crippen molar-refractivity contribution in [2.75, 3.05) is 20.3 Å². The summed E-state index contributed by atoms with van der Waals surface area (Å²) in [7, 11) is 2.98. The van der Waals surface area contributed by atoms with E-state index < -0.39 is 42.1 Å². The van der Waals surface area contributed by atoms with Gasteiger partial charge in [-0.2, -0.15) is 0 Å². The fourth-order valence-electron chi connectivity index (χ4n) is 5.65. The average Bonchev–Trinajstić information content (AvgIpc) is 3.35. The SMILES string of the molecule is COC(=O)COc1cc(C[C@H]2COc3c(-c4ccc(F)cc4C)cc(Cn4ccn(C)c4=NC(=O)OC(C)(C)C)cc3[C@H]2O)ccc1F. The fraction of sp³-hybridized carbons (Fsp3) is 0.361. The molecular formula is C36H39F2N3O7. The van der Waals surface area contributed by atoms with Gasteiger partial charge >= 0.3 is 12.1 Å². The quantitative estimate of drug-likeness (QED) is 0.237. The van der Waals surface area contributed by atoms with Gasteiger partial charge in [-0.15, -0.1) is 4.99 Å². The first kappa shape index (κ1) is 34.4. The summed E-state index contributed by atoms with van der Waals surface area (Å²) in [6.07, 6.45) is 2.17. The number of hydrogen-bond donors (Lipinski definition) is 1. The molecule has 0 unspecified atom stereocenters. The molecule has 254 valence electrons. The predicted molar refractivity (Wildman–Crippen MR) is 172 cm³/mol. The van der Waals surface area contributed by atoms with Gasteiger partial charge in [0.25, 0.3) is 0 Å². The summed E-state index contributed by atoms with van der Waals surface area (Å²) < 4.78 is 53.6. The minimum atomic E-state index is -0.982. The molecule has 0 radical (unpaired) electrons. The zero-order valence-electron chi connectivity index (χ0n) is 27.8. The fourth-order valence-corrected chi connectivity index (χ4v) is 5.65. The van der Waals surface area contributed by atoms with Crippen molar-refractivity contribution in [2.45, 2.75) is 52.4 Å². The third-order valence-electron chi connectivity index (χ3n) is 7.91. The van der Waals surface area contributed by atoms with Crippen molar-refractivity contribution in [2.24, 2.45) is 18.0 Å². The first-order valence-corrected chi connectivity index (χ1v) is 15.4. The summed E-state index contributed by atoms with van der Waals surface area (Å²) in [6, 6.07) is 12.6. The molecule has 3 aromatic carbocycles. The highest BCUT2D eigenvalue weighted by atomic mass is 19.1. The molecule has 2 heterocycles. The largest absolute Gasteiger partial charge is 0.492 e. The standard InChI is InChI=1S/C36H39F2N3O7/c1-21-13-25(37)8-9-26(21)27-15-23(18-41-12-11-40(5)34(41)39-35(44)48-36(2,3)4)16-28-32(43)24(19-47-33(27)28)14-22-7-10-29(38)30(17-22)46-20-31(42)45-6/h7-13,15-17,24,32,43H,14,18-20H2,1-6H3/t24-,32-/m0/s1. The molecule has 0 spiro atoms. The van der Waals surface area contributed by atoms with Gasteiger partial charge in [0, 0.05) is 36.5 Å². The second-order valence-electron chi connectivity index (χ2n) is 12.8. The summed E-state index contributed by atoms with van der Waals surface area (Å²) in [5.74, 6) is -1.69. The first-order valence-electron chi connectivity index (χ1n) is 15.4. The number of aromatic nitrogens is 2. The van der Waals surface area contributed by atoms with Crippen LogP contribution in [0.4, 0.5) is 13.6 Å². The van der Waals surface area contributed by atoms with E-state index in [1.54, 1.807) is 68.4 Å². The van der Waals surface area contributed by atoms with Crippen molar-refractivity contribution in [1.29, 1.82) is 0 Å². The number of aliphatic hydroxyl groups is 1. The van der Waals surface area contributed by atoms with Gasteiger partial charge < -0.3 is 33.2 Å². The number of rotatable bonds is 8. The Morgan fingerprint density at radius 3 is 2.52 bits per heavy atom. The Bertz CT molecular complexity index is 1910. The maximum Gasteiger partial charge on any atom is 0.437 e. The third kappa shape index (κ3) is 7.93. The molecule has 5 rings (SSSR count). The van der Waals surface area contributed by atoms with Gasteiger partial charge in [0.2, 0.25) is 5.62 Å². The molecule has 4 aromatic rings. The molecule has 48 heavy (non-hydrogen) atoms. The Morgan fingerprint density at radius 2 is 1.81 bits per heavy atom. The van der Waals surface area contributed by atoms with Crippen LogP contribution in [0.25, 0.3) is 11.1 Å². The lowest BCUT2D eigenvalue weighted by Gasteiger charge is -2.33. The number of fused-ring (bicyclic) bond motifs is 1. The third-order valence-corrected chi connectivity index (χ3v) is 7.91. The molecular weight excluding hydrogens is 624 g/mol. The van der Waals surface area contributed by atoms with Gasteiger partial charge in [0.15, 0.2) is 18.2 Å². The number of aryl methyl sites for hydroxylation is 2. The van der Waals surface area contributed by atoms with E-state index in [9.17, 15) is 23.5 Å². The first-order chi connectivity index (χ1) is 22.7. The Morgan fingerprint density at radius 1 is 1.04 bits per heavy atom. The topological polar surface area (TPSA) is 114 Å². The van der Waals surface area contributed by atoms with E-state index in [0.29, 0.717) is 40.0 Å². The molecule has 10 nitrogen and oxygen atoms in total. The number of esters is 1. The van der Waals surface area contributed by atoms with Crippen molar-refractivity contribution in [3.63, 3.8) is 0 Å². The molecule has 0 saturated heterocycles. The number of aliphatic hydroxyl groups excluding tert-OH is 1. The lowest BCUT2D eigenvalue weighted by Crippen LogP contribution is -2.30. The monoisotopic (exact) mass is 663 g/mol. The van der Waals surface area contributed by atoms with Gasteiger partial charge in [-0.05, 0) is 92.8 Å². The van der Waals surface area contributed by atoms with Crippen molar-refractivity contribution >= 4 is 12.1 Å². The van der Waals surface area contributed by atoms with E-state index in [-0.39, 0.29) is 24.7 Å². The Labute approximate surface area is 277 Å². The predicted octanol–water partition coefficient (Wildman–Crippen LogP) is 5.80. The maximum atomic E-state index is 14.4. The average molecular weight is 664 g/mol. The molecule has 0 bridgehead atoms. The highest BCUT2D eigenvalue weighted by Gasteiger charge is 2.32. The summed E-state index contributed by atoms with van der Waals surface area (Å²) >= 11 is 0. The molecule has 0 fully saturated rings. The van der Waals surface area contributed by atoms with Crippen LogP contribution in [0.1, 0.15) is 49.1 Å². The minimum Gasteiger partial charge on any atom is -0.492 e. The van der Waals surface area contributed by atoms with E-state index in [4.69, 9.17) is 14.2 Å². The molecule has 1 aliphatic heterocycles. The molecule has 1 aliphatic rings. The number of ether oxygens (including phenoxy) is 4. The normalized spacial score (nSPS) is 16.2. The lowest BCUT2D eigenvalue weighted by atomic mass is 9.84. The molecule has 2 atom stereocenters. The highest BCUT2D eigenvalue weighted by Crippen LogP contribution is 2.45. The van der Waals surface area contributed by atoms with Gasteiger partial charge in [-0.1, -0.05) is 12.1 Å². The Balaban J connectivity index is 1.51. The number of carbonyl (C=O) groups is 2. The number of methoxy groups -OCH3 is 1. The van der Waals surface area contributed by atoms with Crippen molar-refractivity contribution in [1.82, 2.24) is 9.13 Å². The molecule has 1 amide bonds. The summed E-state index contributed by atoms with van der Waals surface area (Å²) in [5.41, 5.74) is 3.73. The second-order valence-corrected chi connectivity index (χ2v) is 12.8. The summed E-state index contributed by atoms with van der Waals surface area (Å²) in [6.45, 7) is 7.08. The second kappa shape index (κ2) is 14.0. The maximum absolute atomic E-state index is 14.4. The van der Waals surface area contributed by atoms with Crippen LogP contribution >= 0.6 is 0 Å². The van der Waals surface area contributed by atoms with Crippen LogP contribution in [0.2, 0.25) is 0 Å². The number of halogens is 2. The Kier molecular flexibility index (Phi) is 10.0. The van der Waals surface area contributed by atoms with Crippen LogP contribution in [0.5, 0.6) is 11.5 Å². The molecule has 1 N–H and O–H groups in total. The van der Waals surface area contributed by atoms with E-state index in [1.165, 1.54) is 31.4 Å². The molecule has 12 heteroatoms. The lowest BCUT2D eigenvalue weighted by molar-refractivity contribution is -0.142. The highest BCUT2D eigenvalue weighted by molar-refractivity contribution is 5.76. The molecule has 0 aliphatic carbocycles. The van der Waals surface area contributed by atoms with Crippen molar-refractivity contribution < 1.29 is 42.4 Å². The van der Waals surface area contributed by atoms with E-state index in [2.05, 4.69) is 9.73 Å². The van der Waals surface area contributed by atoms with E-state index in [1.807, 2.05) is 12.1 Å². The summed E-state index contributed by atoms with van der Waals surface area (Å²) in [4.78, 5) is 28.3. The van der Waals surface area contributed by atoms with Crippen LogP contribution in [-0.2, 0) is 34.3 Å². The van der Waals surface area contributed by atoms with Gasteiger partial charge in [0.1, 0.15) is 17.2 Å². The number of nitrogens with zero attached hydrogens (tertiary/aromatic N) is 3. The van der Waals surface area contributed by atoms with E-state index >= 15 is 0 Å². The Hall–Kier alpha value is -4.97. The van der Waals surface area contributed by atoms with Crippen LogP contribution in [0.3, 0.4) is 0 Å². The number of amides is 1. The minimum absolute atomic E-state index is 0.103. The van der Waals surface area contributed by atoms with Crippen LogP contribution < -0.4 is 15.1 Å². The smallest absolute Gasteiger partial charge is 0.437 e. The van der Waals surface area contributed by atoms with Crippen molar-refractivity contribution in [3.05, 3.63) is 100 Å². The number of imidazole rings is 1. The number of hydrogen-bond acceptors (Lipinski definition) is 7. The number of carbonyl (C=O) groups excluding carboxylic acids is 2.